The zero-order valence-corrected chi connectivity index (χ0v) is 12.9. The van der Waals surface area contributed by atoms with Gasteiger partial charge in [0.1, 0.15) is 5.82 Å². The van der Waals surface area contributed by atoms with E-state index < -0.39 is 0 Å². The molecule has 0 bridgehead atoms. The van der Waals surface area contributed by atoms with E-state index in [-0.39, 0.29) is 0 Å². The highest BCUT2D eigenvalue weighted by molar-refractivity contribution is 6.31. The second kappa shape index (κ2) is 5.59. The lowest BCUT2D eigenvalue weighted by Gasteiger charge is -2.35. The molecule has 5 heteroatoms. The molecule has 2 saturated heterocycles. The number of likely N-dealkylation sites (tertiary alicyclic amines) is 1. The molecule has 3 heterocycles. The van der Waals surface area contributed by atoms with Crippen molar-refractivity contribution in [1.82, 2.24) is 20.2 Å². The standard InChI is InChI=1S/C16H21ClN4/c17-11-3-4-13-14(10-11)20-16(19-13)15-2-1-9-21(15)12-5-7-18-8-6-12/h3-4,10,12,15,18H,1-2,5-9H2,(H,19,20). The van der Waals surface area contributed by atoms with E-state index in [4.69, 9.17) is 16.6 Å². The summed E-state index contributed by atoms with van der Waals surface area (Å²) in [6.07, 6.45) is 4.98. The van der Waals surface area contributed by atoms with Gasteiger partial charge in [-0.2, -0.15) is 0 Å². The highest BCUT2D eigenvalue weighted by Crippen LogP contribution is 2.35. The number of nitrogens with one attached hydrogen (secondary N) is 2. The van der Waals surface area contributed by atoms with Gasteiger partial charge in [-0.25, -0.2) is 4.98 Å². The van der Waals surface area contributed by atoms with E-state index in [0.717, 1.165) is 35.0 Å². The SMILES string of the molecule is Clc1ccc2nc(C3CCCN3C3CCNCC3)[nH]c2c1. The Bertz CT molecular complexity index is 632. The van der Waals surface area contributed by atoms with Crippen LogP contribution >= 0.6 is 11.6 Å². The number of imidazole rings is 1. The van der Waals surface area contributed by atoms with Crippen molar-refractivity contribution in [3.8, 4) is 0 Å². The van der Waals surface area contributed by atoms with Gasteiger partial charge in [-0.15, -0.1) is 0 Å². The van der Waals surface area contributed by atoms with Gasteiger partial charge in [-0.05, 0) is 63.5 Å². The maximum atomic E-state index is 6.07. The predicted octanol–water partition coefficient (Wildman–Crippen LogP) is 3.11. The van der Waals surface area contributed by atoms with Gasteiger partial charge in [-0.1, -0.05) is 11.6 Å². The van der Waals surface area contributed by atoms with Crippen LogP contribution in [0.3, 0.4) is 0 Å². The first-order valence-electron chi connectivity index (χ1n) is 7.93. The molecule has 0 saturated carbocycles. The van der Waals surface area contributed by atoms with Gasteiger partial charge in [0.2, 0.25) is 0 Å². The zero-order chi connectivity index (χ0) is 14.2. The summed E-state index contributed by atoms with van der Waals surface area (Å²) in [6, 6.07) is 7.03. The third-order valence-electron chi connectivity index (χ3n) is 4.85. The number of aromatic nitrogens is 2. The number of H-pyrrole nitrogens is 1. The van der Waals surface area contributed by atoms with Gasteiger partial charge < -0.3 is 10.3 Å². The largest absolute Gasteiger partial charge is 0.341 e. The summed E-state index contributed by atoms with van der Waals surface area (Å²) in [7, 11) is 0. The van der Waals surface area contributed by atoms with Crippen molar-refractivity contribution in [2.24, 2.45) is 0 Å². The van der Waals surface area contributed by atoms with Crippen molar-refractivity contribution in [3.05, 3.63) is 29.0 Å². The Kier molecular flexibility index (Phi) is 3.61. The van der Waals surface area contributed by atoms with Crippen molar-refractivity contribution in [2.75, 3.05) is 19.6 Å². The fourth-order valence-corrected chi connectivity index (χ4v) is 3.99. The summed E-state index contributed by atoms with van der Waals surface area (Å²) < 4.78 is 0. The highest BCUT2D eigenvalue weighted by atomic mass is 35.5. The van der Waals surface area contributed by atoms with Crippen LogP contribution in [0.25, 0.3) is 11.0 Å². The predicted molar refractivity (Wildman–Crippen MR) is 85.7 cm³/mol. The van der Waals surface area contributed by atoms with E-state index in [1.165, 1.54) is 32.2 Å². The lowest BCUT2D eigenvalue weighted by atomic mass is 10.0. The molecular formula is C16H21ClN4. The Morgan fingerprint density at radius 1 is 1.19 bits per heavy atom. The van der Waals surface area contributed by atoms with Crippen LogP contribution in [0.4, 0.5) is 0 Å². The van der Waals surface area contributed by atoms with Crippen LogP contribution in [0.1, 0.15) is 37.5 Å². The number of rotatable bonds is 2. The fraction of sp³-hybridized carbons (Fsp3) is 0.562. The third-order valence-corrected chi connectivity index (χ3v) is 5.08. The van der Waals surface area contributed by atoms with Crippen LogP contribution in [0.15, 0.2) is 18.2 Å². The molecule has 0 aliphatic carbocycles. The molecule has 1 aromatic heterocycles. The molecule has 4 rings (SSSR count). The second-order valence-electron chi connectivity index (χ2n) is 6.16. The van der Waals surface area contributed by atoms with Crippen molar-refractivity contribution < 1.29 is 0 Å². The average molecular weight is 305 g/mol. The number of halogens is 1. The first-order chi connectivity index (χ1) is 10.3. The first-order valence-corrected chi connectivity index (χ1v) is 8.31. The molecule has 4 nitrogen and oxygen atoms in total. The van der Waals surface area contributed by atoms with E-state index in [9.17, 15) is 0 Å². The highest BCUT2D eigenvalue weighted by Gasteiger charge is 2.34. The number of aromatic amines is 1. The number of hydrogen-bond donors (Lipinski definition) is 2. The van der Waals surface area contributed by atoms with Crippen molar-refractivity contribution in [2.45, 2.75) is 37.8 Å². The lowest BCUT2D eigenvalue weighted by Crippen LogP contribution is -2.42. The van der Waals surface area contributed by atoms with E-state index in [1.807, 2.05) is 18.2 Å². The van der Waals surface area contributed by atoms with Gasteiger partial charge >= 0.3 is 0 Å². The Morgan fingerprint density at radius 3 is 2.90 bits per heavy atom. The molecule has 2 aliphatic rings. The summed E-state index contributed by atoms with van der Waals surface area (Å²) in [6.45, 7) is 3.49. The van der Waals surface area contributed by atoms with Crippen LogP contribution < -0.4 is 5.32 Å². The molecule has 1 unspecified atom stereocenters. The molecule has 2 aliphatic heterocycles. The molecule has 21 heavy (non-hydrogen) atoms. The maximum absolute atomic E-state index is 6.07. The Morgan fingerprint density at radius 2 is 2.05 bits per heavy atom. The van der Waals surface area contributed by atoms with Crippen LogP contribution in [0, 0.1) is 0 Å². The number of nitrogens with zero attached hydrogens (tertiary/aromatic N) is 2. The third kappa shape index (κ3) is 2.56. The molecule has 2 fully saturated rings. The van der Waals surface area contributed by atoms with E-state index >= 15 is 0 Å². The number of fused-ring (bicyclic) bond motifs is 1. The van der Waals surface area contributed by atoms with E-state index in [1.54, 1.807) is 0 Å². The van der Waals surface area contributed by atoms with Gasteiger partial charge in [0, 0.05) is 11.1 Å². The van der Waals surface area contributed by atoms with Crippen molar-refractivity contribution >= 4 is 22.6 Å². The summed E-state index contributed by atoms with van der Waals surface area (Å²) >= 11 is 6.07. The van der Waals surface area contributed by atoms with Crippen LogP contribution in [-0.4, -0.2) is 40.5 Å². The van der Waals surface area contributed by atoms with Crippen molar-refractivity contribution in [3.63, 3.8) is 0 Å². The van der Waals surface area contributed by atoms with Crippen LogP contribution in [0.2, 0.25) is 5.02 Å². The minimum absolute atomic E-state index is 0.444. The normalized spacial score (nSPS) is 24.9. The molecule has 0 amide bonds. The Labute approximate surface area is 129 Å². The molecule has 2 aromatic rings. The lowest BCUT2D eigenvalue weighted by molar-refractivity contribution is 0.144. The zero-order valence-electron chi connectivity index (χ0n) is 12.1. The minimum Gasteiger partial charge on any atom is -0.341 e. The quantitative estimate of drug-likeness (QED) is 0.896. The molecule has 1 aromatic carbocycles. The molecule has 2 N–H and O–H groups in total. The smallest absolute Gasteiger partial charge is 0.124 e. The van der Waals surface area contributed by atoms with E-state index in [0.29, 0.717) is 12.1 Å². The summed E-state index contributed by atoms with van der Waals surface area (Å²) in [4.78, 5) is 11.0. The van der Waals surface area contributed by atoms with Gasteiger partial charge in [0.15, 0.2) is 0 Å². The molecule has 112 valence electrons. The molecular weight excluding hydrogens is 284 g/mol. The Hall–Kier alpha value is -1.10. The van der Waals surface area contributed by atoms with E-state index in [2.05, 4.69) is 15.2 Å². The van der Waals surface area contributed by atoms with Crippen LogP contribution in [-0.2, 0) is 0 Å². The summed E-state index contributed by atoms with van der Waals surface area (Å²) in [5.74, 6) is 1.11. The Balaban J connectivity index is 1.63. The van der Waals surface area contributed by atoms with Gasteiger partial charge in [0.05, 0.1) is 17.1 Å². The van der Waals surface area contributed by atoms with Gasteiger partial charge in [-0.3, -0.25) is 4.90 Å². The first kappa shape index (κ1) is 13.6. The fourth-order valence-electron chi connectivity index (χ4n) is 3.82. The average Bonchev–Trinajstić information content (AvgIpc) is 3.13. The summed E-state index contributed by atoms with van der Waals surface area (Å²) in [5.41, 5.74) is 2.07. The molecule has 0 radical (unpaired) electrons. The maximum Gasteiger partial charge on any atom is 0.124 e. The van der Waals surface area contributed by atoms with Gasteiger partial charge in [0.25, 0.3) is 0 Å². The molecule has 0 spiro atoms. The number of piperidine rings is 1. The minimum atomic E-state index is 0.444. The van der Waals surface area contributed by atoms with Crippen LogP contribution in [0.5, 0.6) is 0 Å². The second-order valence-corrected chi connectivity index (χ2v) is 6.60. The number of benzene rings is 1. The summed E-state index contributed by atoms with van der Waals surface area (Å²) in [5, 5.41) is 4.22. The topological polar surface area (TPSA) is 44.0 Å². The molecule has 1 atom stereocenters. The monoisotopic (exact) mass is 304 g/mol. The van der Waals surface area contributed by atoms with Crippen molar-refractivity contribution in [1.29, 1.82) is 0 Å². The number of hydrogen-bond acceptors (Lipinski definition) is 3.